The first-order valence-corrected chi connectivity index (χ1v) is 6.09. The van der Waals surface area contributed by atoms with Gasteiger partial charge in [-0.1, -0.05) is 6.07 Å². The molecule has 0 amide bonds. The van der Waals surface area contributed by atoms with Crippen LogP contribution >= 0.6 is 11.6 Å². The molecule has 0 bridgehead atoms. The Bertz CT molecular complexity index is 621. The SMILES string of the molecule is Cc1cc(Nc2ccc(C)c(C(F)(F)F)c2)nc(Cl)n1. The summed E-state index contributed by atoms with van der Waals surface area (Å²) < 4.78 is 38.5. The third kappa shape index (κ3) is 3.39. The molecule has 0 saturated heterocycles. The summed E-state index contributed by atoms with van der Waals surface area (Å²) in [5.41, 5.74) is 0.395. The minimum absolute atomic E-state index is 0.0376. The Hall–Kier alpha value is -1.82. The Morgan fingerprint density at radius 1 is 1.10 bits per heavy atom. The Morgan fingerprint density at radius 3 is 2.40 bits per heavy atom. The highest BCUT2D eigenvalue weighted by atomic mass is 35.5. The molecule has 1 aromatic carbocycles. The van der Waals surface area contributed by atoms with E-state index in [9.17, 15) is 13.2 Å². The van der Waals surface area contributed by atoms with E-state index < -0.39 is 11.7 Å². The smallest absolute Gasteiger partial charge is 0.340 e. The van der Waals surface area contributed by atoms with Crippen LogP contribution in [0.25, 0.3) is 0 Å². The number of rotatable bonds is 2. The van der Waals surface area contributed by atoms with E-state index in [4.69, 9.17) is 11.6 Å². The van der Waals surface area contributed by atoms with Crippen molar-refractivity contribution in [1.82, 2.24) is 9.97 Å². The zero-order valence-electron chi connectivity index (χ0n) is 10.7. The topological polar surface area (TPSA) is 37.8 Å². The second-order valence-electron chi connectivity index (χ2n) is 4.32. The van der Waals surface area contributed by atoms with Gasteiger partial charge in [0.2, 0.25) is 5.28 Å². The Balaban J connectivity index is 2.35. The summed E-state index contributed by atoms with van der Waals surface area (Å²) >= 11 is 5.70. The van der Waals surface area contributed by atoms with E-state index in [0.29, 0.717) is 11.5 Å². The van der Waals surface area contributed by atoms with Crippen LogP contribution in [-0.4, -0.2) is 9.97 Å². The van der Waals surface area contributed by atoms with Crippen LogP contribution in [0.1, 0.15) is 16.8 Å². The molecule has 0 aliphatic carbocycles. The number of alkyl halides is 3. The summed E-state index contributed by atoms with van der Waals surface area (Å²) in [5, 5.41) is 2.83. The average Bonchev–Trinajstić information content (AvgIpc) is 2.29. The summed E-state index contributed by atoms with van der Waals surface area (Å²) in [5.74, 6) is 0.347. The molecule has 0 atom stereocenters. The van der Waals surface area contributed by atoms with Gasteiger partial charge in [-0.2, -0.15) is 13.2 Å². The zero-order valence-corrected chi connectivity index (χ0v) is 11.5. The molecule has 0 saturated carbocycles. The number of nitrogens with one attached hydrogen (secondary N) is 1. The van der Waals surface area contributed by atoms with Crippen LogP contribution in [0.5, 0.6) is 0 Å². The van der Waals surface area contributed by atoms with Gasteiger partial charge in [-0.3, -0.25) is 0 Å². The molecule has 20 heavy (non-hydrogen) atoms. The molecule has 0 unspecified atom stereocenters. The molecule has 2 rings (SSSR count). The first-order chi connectivity index (χ1) is 9.25. The van der Waals surface area contributed by atoms with E-state index in [1.54, 1.807) is 19.1 Å². The maximum atomic E-state index is 12.8. The van der Waals surface area contributed by atoms with Gasteiger partial charge in [0.05, 0.1) is 5.56 Å². The minimum atomic E-state index is -4.39. The highest BCUT2D eigenvalue weighted by Gasteiger charge is 2.32. The number of nitrogens with zero attached hydrogens (tertiary/aromatic N) is 2. The lowest BCUT2D eigenvalue weighted by atomic mass is 10.1. The Morgan fingerprint density at radius 2 is 1.80 bits per heavy atom. The number of hydrogen-bond acceptors (Lipinski definition) is 3. The summed E-state index contributed by atoms with van der Waals surface area (Å²) in [6.45, 7) is 3.13. The lowest BCUT2D eigenvalue weighted by molar-refractivity contribution is -0.138. The number of hydrogen-bond donors (Lipinski definition) is 1. The van der Waals surface area contributed by atoms with Crippen LogP contribution in [0, 0.1) is 13.8 Å². The number of benzene rings is 1. The van der Waals surface area contributed by atoms with Crippen molar-refractivity contribution in [1.29, 1.82) is 0 Å². The maximum Gasteiger partial charge on any atom is 0.416 e. The van der Waals surface area contributed by atoms with E-state index >= 15 is 0 Å². The zero-order chi connectivity index (χ0) is 14.9. The van der Waals surface area contributed by atoms with Crippen molar-refractivity contribution in [3.63, 3.8) is 0 Å². The van der Waals surface area contributed by atoms with Gasteiger partial charge in [-0.15, -0.1) is 0 Å². The van der Waals surface area contributed by atoms with Crippen molar-refractivity contribution >= 4 is 23.1 Å². The van der Waals surface area contributed by atoms with E-state index in [1.807, 2.05) is 0 Å². The molecule has 106 valence electrons. The molecule has 2 aromatic rings. The third-order valence-electron chi connectivity index (χ3n) is 2.64. The van der Waals surface area contributed by atoms with Crippen molar-refractivity contribution in [3.8, 4) is 0 Å². The number of aromatic nitrogens is 2. The monoisotopic (exact) mass is 301 g/mol. The number of halogens is 4. The quantitative estimate of drug-likeness (QED) is 0.829. The van der Waals surface area contributed by atoms with Gasteiger partial charge in [0.1, 0.15) is 5.82 Å². The van der Waals surface area contributed by atoms with Crippen molar-refractivity contribution in [2.24, 2.45) is 0 Å². The van der Waals surface area contributed by atoms with Crippen LogP contribution in [0.3, 0.4) is 0 Å². The fraction of sp³-hybridized carbons (Fsp3) is 0.231. The Labute approximate surface area is 118 Å². The second kappa shape index (κ2) is 5.28. The molecule has 7 heteroatoms. The first kappa shape index (κ1) is 14.6. The summed E-state index contributed by atoms with van der Waals surface area (Å²) in [6.07, 6.45) is -4.39. The highest BCUT2D eigenvalue weighted by molar-refractivity contribution is 6.28. The van der Waals surface area contributed by atoms with E-state index in [0.717, 1.165) is 6.07 Å². The van der Waals surface area contributed by atoms with Crippen LogP contribution < -0.4 is 5.32 Å². The molecule has 3 nitrogen and oxygen atoms in total. The molecular weight excluding hydrogens is 291 g/mol. The van der Waals surface area contributed by atoms with Crippen LogP contribution in [0.4, 0.5) is 24.7 Å². The number of aryl methyl sites for hydroxylation is 2. The molecule has 1 heterocycles. The molecule has 0 fully saturated rings. The van der Waals surface area contributed by atoms with Crippen molar-refractivity contribution in [3.05, 3.63) is 46.4 Å². The van der Waals surface area contributed by atoms with Crippen molar-refractivity contribution in [2.75, 3.05) is 5.32 Å². The molecule has 1 N–H and O–H groups in total. The molecule has 1 aromatic heterocycles. The lowest BCUT2D eigenvalue weighted by Gasteiger charge is -2.13. The van der Waals surface area contributed by atoms with Gasteiger partial charge in [-0.25, -0.2) is 9.97 Å². The van der Waals surface area contributed by atoms with Crippen molar-refractivity contribution in [2.45, 2.75) is 20.0 Å². The van der Waals surface area contributed by atoms with Crippen LogP contribution in [0.2, 0.25) is 5.28 Å². The standard InChI is InChI=1S/C13H11ClF3N3/c1-7-3-4-9(6-10(7)13(15,16)17)19-11-5-8(2)18-12(14)20-11/h3-6H,1-2H3,(H,18,19,20). The normalized spacial score (nSPS) is 11.5. The van der Waals surface area contributed by atoms with Gasteiger partial charge in [0, 0.05) is 17.4 Å². The van der Waals surface area contributed by atoms with Gasteiger partial charge < -0.3 is 5.32 Å². The predicted octanol–water partition coefficient (Wildman–Crippen LogP) is 4.51. The van der Waals surface area contributed by atoms with E-state index in [-0.39, 0.29) is 16.5 Å². The summed E-state index contributed by atoms with van der Waals surface area (Å²) in [6, 6.07) is 5.59. The van der Waals surface area contributed by atoms with Crippen LogP contribution in [-0.2, 0) is 6.18 Å². The molecule has 0 aliphatic heterocycles. The second-order valence-corrected chi connectivity index (χ2v) is 4.65. The van der Waals surface area contributed by atoms with E-state index in [2.05, 4.69) is 15.3 Å². The third-order valence-corrected chi connectivity index (χ3v) is 2.81. The van der Waals surface area contributed by atoms with Crippen LogP contribution in [0.15, 0.2) is 24.3 Å². The summed E-state index contributed by atoms with van der Waals surface area (Å²) in [4.78, 5) is 7.79. The molecule has 0 aliphatic rings. The first-order valence-electron chi connectivity index (χ1n) is 5.72. The van der Waals surface area contributed by atoms with Crippen molar-refractivity contribution < 1.29 is 13.2 Å². The molecule has 0 spiro atoms. The minimum Gasteiger partial charge on any atom is -0.340 e. The highest BCUT2D eigenvalue weighted by Crippen LogP contribution is 2.34. The predicted molar refractivity (Wildman–Crippen MR) is 71.2 cm³/mol. The number of anilines is 2. The summed E-state index contributed by atoms with van der Waals surface area (Å²) in [7, 11) is 0. The molecule has 0 radical (unpaired) electrons. The fourth-order valence-corrected chi connectivity index (χ4v) is 1.97. The average molecular weight is 302 g/mol. The van der Waals surface area contributed by atoms with Gasteiger partial charge in [0.15, 0.2) is 0 Å². The molecular formula is C13H11ClF3N3. The Kier molecular flexibility index (Phi) is 3.85. The van der Waals surface area contributed by atoms with Gasteiger partial charge >= 0.3 is 6.18 Å². The van der Waals surface area contributed by atoms with Gasteiger partial charge in [0.25, 0.3) is 0 Å². The van der Waals surface area contributed by atoms with Gasteiger partial charge in [-0.05, 0) is 43.1 Å². The fourth-order valence-electron chi connectivity index (χ4n) is 1.75. The van der Waals surface area contributed by atoms with E-state index in [1.165, 1.54) is 13.0 Å². The largest absolute Gasteiger partial charge is 0.416 e. The maximum absolute atomic E-state index is 12.8. The lowest BCUT2D eigenvalue weighted by Crippen LogP contribution is -2.08.